The SMILES string of the molecule is CC(C)Oc1ccc(S(=O)(=O)Nc2ncc(-c3ccccc3)s2)cc1. The molecular weight excluding hydrogens is 356 g/mol. The van der Waals surface area contributed by atoms with Gasteiger partial charge in [-0.1, -0.05) is 41.7 Å². The number of aromatic nitrogens is 1. The lowest BCUT2D eigenvalue weighted by Crippen LogP contribution is -2.12. The summed E-state index contributed by atoms with van der Waals surface area (Å²) in [5.41, 5.74) is 1.00. The first-order valence-corrected chi connectivity index (χ1v) is 10.0. The summed E-state index contributed by atoms with van der Waals surface area (Å²) in [6, 6.07) is 16.0. The van der Waals surface area contributed by atoms with Crippen LogP contribution >= 0.6 is 11.3 Å². The Bertz CT molecular complexity index is 934. The fraction of sp³-hybridized carbons (Fsp3) is 0.167. The third kappa shape index (κ3) is 4.37. The second-order valence-corrected chi connectivity index (χ2v) is 8.35. The molecule has 1 N–H and O–H groups in total. The topological polar surface area (TPSA) is 68.3 Å². The number of sulfonamides is 1. The van der Waals surface area contributed by atoms with Crippen LogP contribution in [0.5, 0.6) is 5.75 Å². The van der Waals surface area contributed by atoms with Crippen LogP contribution in [0.4, 0.5) is 5.13 Å². The first-order chi connectivity index (χ1) is 11.9. The smallest absolute Gasteiger partial charge is 0.263 e. The van der Waals surface area contributed by atoms with E-state index in [1.807, 2.05) is 44.2 Å². The minimum atomic E-state index is -3.69. The fourth-order valence-corrected chi connectivity index (χ4v) is 4.26. The lowest BCUT2D eigenvalue weighted by atomic mass is 10.2. The van der Waals surface area contributed by atoms with E-state index in [9.17, 15) is 8.42 Å². The van der Waals surface area contributed by atoms with E-state index in [1.54, 1.807) is 18.3 Å². The Morgan fingerprint density at radius 2 is 1.72 bits per heavy atom. The van der Waals surface area contributed by atoms with Crippen LogP contribution in [0.2, 0.25) is 0 Å². The predicted octanol–water partition coefficient (Wildman–Crippen LogP) is 4.40. The molecular formula is C18H18N2O3S2. The minimum absolute atomic E-state index is 0.0345. The molecule has 3 rings (SSSR count). The zero-order valence-electron chi connectivity index (χ0n) is 13.8. The molecule has 0 amide bonds. The monoisotopic (exact) mass is 374 g/mol. The second kappa shape index (κ2) is 7.25. The molecule has 0 saturated heterocycles. The molecule has 2 aromatic carbocycles. The maximum absolute atomic E-state index is 12.5. The van der Waals surface area contributed by atoms with Crippen LogP contribution in [0.25, 0.3) is 10.4 Å². The van der Waals surface area contributed by atoms with Crippen LogP contribution in [0, 0.1) is 0 Å². The molecule has 0 aliphatic rings. The van der Waals surface area contributed by atoms with Crippen LogP contribution in [0.3, 0.4) is 0 Å². The third-order valence-corrected chi connectivity index (χ3v) is 5.74. The number of ether oxygens (including phenoxy) is 1. The van der Waals surface area contributed by atoms with Crippen molar-refractivity contribution in [3.8, 4) is 16.2 Å². The van der Waals surface area contributed by atoms with Crippen LogP contribution in [0.1, 0.15) is 13.8 Å². The van der Waals surface area contributed by atoms with E-state index in [1.165, 1.54) is 23.5 Å². The van der Waals surface area contributed by atoms with Crippen LogP contribution in [-0.4, -0.2) is 19.5 Å². The fourth-order valence-electron chi connectivity index (χ4n) is 2.20. The summed E-state index contributed by atoms with van der Waals surface area (Å²) in [5.74, 6) is 0.634. The van der Waals surface area contributed by atoms with Gasteiger partial charge in [0, 0.05) is 6.20 Å². The van der Waals surface area contributed by atoms with E-state index in [-0.39, 0.29) is 11.0 Å². The molecule has 0 aliphatic heterocycles. The predicted molar refractivity (Wildman–Crippen MR) is 101 cm³/mol. The molecule has 0 saturated carbocycles. The zero-order valence-corrected chi connectivity index (χ0v) is 15.5. The summed E-state index contributed by atoms with van der Waals surface area (Å²) in [6.45, 7) is 3.83. The largest absolute Gasteiger partial charge is 0.491 e. The Morgan fingerprint density at radius 1 is 1.04 bits per heavy atom. The van der Waals surface area contributed by atoms with Crippen molar-refractivity contribution < 1.29 is 13.2 Å². The molecule has 0 spiro atoms. The maximum Gasteiger partial charge on any atom is 0.263 e. The van der Waals surface area contributed by atoms with Crippen molar-refractivity contribution in [1.82, 2.24) is 4.98 Å². The summed E-state index contributed by atoms with van der Waals surface area (Å²) >= 11 is 1.29. The van der Waals surface area contributed by atoms with Gasteiger partial charge >= 0.3 is 0 Å². The van der Waals surface area contributed by atoms with Gasteiger partial charge in [0.05, 0.1) is 15.9 Å². The average molecular weight is 374 g/mol. The number of benzene rings is 2. The van der Waals surface area contributed by atoms with Gasteiger partial charge < -0.3 is 4.74 Å². The molecule has 7 heteroatoms. The number of rotatable bonds is 6. The van der Waals surface area contributed by atoms with Crippen molar-refractivity contribution in [3.63, 3.8) is 0 Å². The van der Waals surface area contributed by atoms with Gasteiger partial charge in [-0.3, -0.25) is 4.72 Å². The quantitative estimate of drug-likeness (QED) is 0.694. The van der Waals surface area contributed by atoms with Gasteiger partial charge in [-0.25, -0.2) is 13.4 Å². The van der Waals surface area contributed by atoms with Crippen molar-refractivity contribution in [3.05, 3.63) is 60.8 Å². The Hall–Kier alpha value is -2.38. The number of thiazole rings is 1. The highest BCUT2D eigenvalue weighted by Gasteiger charge is 2.16. The molecule has 1 aromatic heterocycles. The normalized spacial score (nSPS) is 11.5. The lowest BCUT2D eigenvalue weighted by molar-refractivity contribution is 0.242. The van der Waals surface area contributed by atoms with Crippen molar-refractivity contribution in [1.29, 1.82) is 0 Å². The first-order valence-electron chi connectivity index (χ1n) is 7.75. The molecule has 0 fully saturated rings. The van der Waals surface area contributed by atoms with Gasteiger partial charge in [0.25, 0.3) is 10.0 Å². The molecule has 0 aliphatic carbocycles. The van der Waals surface area contributed by atoms with Gasteiger partial charge in [0.1, 0.15) is 5.75 Å². The van der Waals surface area contributed by atoms with E-state index >= 15 is 0 Å². The second-order valence-electron chi connectivity index (χ2n) is 5.64. The third-order valence-electron chi connectivity index (χ3n) is 3.29. The Labute approximate surface area is 151 Å². The molecule has 0 unspecified atom stereocenters. The van der Waals surface area contributed by atoms with E-state index in [2.05, 4.69) is 9.71 Å². The molecule has 1 heterocycles. The van der Waals surface area contributed by atoms with Crippen molar-refractivity contribution in [2.75, 3.05) is 4.72 Å². The standard InChI is InChI=1S/C18H18N2O3S2/c1-13(2)23-15-8-10-16(11-9-15)25(21,22)20-18-19-12-17(24-18)14-6-4-3-5-7-14/h3-13H,1-2H3,(H,19,20). The summed E-state index contributed by atoms with van der Waals surface area (Å²) < 4.78 is 33.0. The summed E-state index contributed by atoms with van der Waals surface area (Å²) in [7, 11) is -3.69. The van der Waals surface area contributed by atoms with Gasteiger partial charge in [0.15, 0.2) is 5.13 Å². The Morgan fingerprint density at radius 3 is 2.36 bits per heavy atom. The minimum Gasteiger partial charge on any atom is -0.491 e. The van der Waals surface area contributed by atoms with Gasteiger partial charge in [-0.2, -0.15) is 0 Å². The molecule has 0 radical (unpaired) electrons. The van der Waals surface area contributed by atoms with Crippen molar-refractivity contribution >= 4 is 26.5 Å². The Kier molecular flexibility index (Phi) is 5.06. The van der Waals surface area contributed by atoms with Gasteiger partial charge in [0.2, 0.25) is 0 Å². The summed E-state index contributed by atoms with van der Waals surface area (Å²) in [5, 5.41) is 0.335. The van der Waals surface area contributed by atoms with Gasteiger partial charge in [-0.15, -0.1) is 0 Å². The maximum atomic E-state index is 12.5. The average Bonchev–Trinajstić information content (AvgIpc) is 3.03. The summed E-state index contributed by atoms with van der Waals surface area (Å²) in [6.07, 6.45) is 1.70. The number of nitrogens with one attached hydrogen (secondary N) is 1. The highest BCUT2D eigenvalue weighted by Crippen LogP contribution is 2.30. The van der Waals surface area contributed by atoms with E-state index < -0.39 is 10.0 Å². The van der Waals surface area contributed by atoms with Crippen LogP contribution in [-0.2, 0) is 10.0 Å². The van der Waals surface area contributed by atoms with Crippen LogP contribution in [0.15, 0.2) is 65.7 Å². The van der Waals surface area contributed by atoms with E-state index in [4.69, 9.17) is 4.74 Å². The highest BCUT2D eigenvalue weighted by atomic mass is 32.2. The molecule has 130 valence electrons. The highest BCUT2D eigenvalue weighted by molar-refractivity contribution is 7.93. The first kappa shape index (κ1) is 17.4. The molecule has 3 aromatic rings. The number of nitrogens with zero attached hydrogens (tertiary/aromatic N) is 1. The van der Waals surface area contributed by atoms with E-state index in [0.29, 0.717) is 10.9 Å². The molecule has 5 nitrogen and oxygen atoms in total. The summed E-state index contributed by atoms with van der Waals surface area (Å²) in [4.78, 5) is 5.23. The number of hydrogen-bond acceptors (Lipinski definition) is 5. The number of anilines is 1. The zero-order chi connectivity index (χ0) is 17.9. The van der Waals surface area contributed by atoms with Gasteiger partial charge in [-0.05, 0) is 43.7 Å². The molecule has 0 atom stereocenters. The van der Waals surface area contributed by atoms with Crippen molar-refractivity contribution in [2.45, 2.75) is 24.8 Å². The molecule has 0 bridgehead atoms. The Balaban J connectivity index is 1.77. The lowest BCUT2D eigenvalue weighted by Gasteiger charge is -2.10. The molecule has 25 heavy (non-hydrogen) atoms. The van der Waals surface area contributed by atoms with Crippen LogP contribution < -0.4 is 9.46 Å². The van der Waals surface area contributed by atoms with Crippen molar-refractivity contribution in [2.24, 2.45) is 0 Å². The van der Waals surface area contributed by atoms with E-state index in [0.717, 1.165) is 10.4 Å². The number of hydrogen-bond donors (Lipinski definition) is 1.